The molecule has 0 spiro atoms. The number of thioether (sulfide) groups is 1. The fraction of sp³-hybridized carbons (Fsp3) is 0.481. The van der Waals surface area contributed by atoms with Crippen LogP contribution < -0.4 is 21.0 Å². The van der Waals surface area contributed by atoms with E-state index in [4.69, 9.17) is 19.5 Å². The number of nitrogen functional groups attached to an aromatic ring is 1. The van der Waals surface area contributed by atoms with Crippen LogP contribution in [0.2, 0.25) is 0 Å². The van der Waals surface area contributed by atoms with Gasteiger partial charge in [0.15, 0.2) is 0 Å². The lowest BCUT2D eigenvalue weighted by atomic mass is 10.1. The van der Waals surface area contributed by atoms with Gasteiger partial charge in [-0.05, 0) is 24.3 Å². The Labute approximate surface area is 242 Å². The molecule has 41 heavy (non-hydrogen) atoms. The zero-order valence-electron chi connectivity index (χ0n) is 23.2. The van der Waals surface area contributed by atoms with E-state index in [-0.39, 0.29) is 31.5 Å². The van der Waals surface area contributed by atoms with Crippen molar-refractivity contribution >= 4 is 42.2 Å². The molecule has 0 amide bonds. The first-order valence-electron chi connectivity index (χ1n) is 13.5. The van der Waals surface area contributed by atoms with Gasteiger partial charge in [-0.3, -0.25) is 13.9 Å². The van der Waals surface area contributed by atoms with E-state index in [0.717, 1.165) is 18.2 Å². The first kappa shape index (κ1) is 31.0. The van der Waals surface area contributed by atoms with E-state index in [2.05, 4.69) is 15.1 Å². The highest BCUT2D eigenvalue weighted by Crippen LogP contribution is 2.49. The summed E-state index contributed by atoms with van der Waals surface area (Å²) in [4.78, 5) is 32.6. The molecule has 3 unspecified atom stereocenters. The number of aromatic nitrogens is 3. The summed E-state index contributed by atoms with van der Waals surface area (Å²) in [5, 5.41) is 14.0. The molecule has 12 nitrogen and oxygen atoms in total. The fourth-order valence-corrected chi connectivity index (χ4v) is 7.46. The smallest absolute Gasteiger partial charge is 0.459 e. The number of ether oxygens (including phenoxy) is 1. The number of hydrogen-bond donors (Lipinski definition) is 3. The van der Waals surface area contributed by atoms with Crippen molar-refractivity contribution < 1.29 is 28.3 Å². The molecule has 3 aromatic rings. The highest BCUT2D eigenvalue weighted by atomic mass is 32.2. The van der Waals surface area contributed by atoms with Gasteiger partial charge in [-0.2, -0.15) is 10.1 Å². The number of aliphatic hydroxyl groups excluding tert-OH is 1. The van der Waals surface area contributed by atoms with Crippen LogP contribution >= 0.6 is 19.5 Å². The minimum absolute atomic E-state index is 0.139. The predicted molar refractivity (Wildman–Crippen MR) is 158 cm³/mol. The molecule has 2 aromatic carbocycles. The molecule has 4 rings (SSSR count). The Morgan fingerprint density at radius 1 is 1.24 bits per heavy atom. The monoisotopic (exact) mass is 605 g/mol. The van der Waals surface area contributed by atoms with Crippen LogP contribution in [-0.4, -0.2) is 56.2 Å². The number of hydrogen-bond acceptors (Lipinski definition) is 11. The van der Waals surface area contributed by atoms with Gasteiger partial charge in [0, 0.05) is 11.8 Å². The molecule has 0 aliphatic carbocycles. The van der Waals surface area contributed by atoms with Crippen molar-refractivity contribution in [3.8, 4) is 5.75 Å². The highest BCUT2D eigenvalue weighted by Gasteiger charge is 2.39. The standard InChI is InChI=1S/C27H36N5O7PS/c1-4-18(5-2)14-37-25(34)17(3)31-40(36,39-22-12-8-10-19-9-6-7-11-20(19)22)38-15-23-21(33)13-24(41-23)32-16-29-26(28)30-27(32)35/h6-12,16-18,21,23-24,33H,4-5,13-15H2,1-3H3,(H,31,36)(H2,28,30,35)/t17-,21+,23?,24?,40?/m0/s1. The summed E-state index contributed by atoms with van der Waals surface area (Å²) in [5.41, 5.74) is 4.90. The molecule has 1 aliphatic rings. The molecule has 2 heterocycles. The second-order valence-electron chi connectivity index (χ2n) is 9.86. The van der Waals surface area contributed by atoms with Crippen molar-refractivity contribution in [1.29, 1.82) is 0 Å². The normalized spacial score (nSPS) is 21.0. The van der Waals surface area contributed by atoms with Crippen LogP contribution in [0.1, 0.15) is 45.4 Å². The minimum Gasteiger partial charge on any atom is -0.464 e. The van der Waals surface area contributed by atoms with Crippen LogP contribution in [0.4, 0.5) is 5.95 Å². The Morgan fingerprint density at radius 3 is 2.71 bits per heavy atom. The Bertz CT molecular complexity index is 1450. The molecule has 1 saturated heterocycles. The summed E-state index contributed by atoms with van der Waals surface area (Å²) in [7, 11) is -4.19. The summed E-state index contributed by atoms with van der Waals surface area (Å²) in [5.74, 6) is -0.186. The third-order valence-electron chi connectivity index (χ3n) is 6.96. The maximum atomic E-state index is 14.2. The van der Waals surface area contributed by atoms with Crippen molar-refractivity contribution in [3.05, 3.63) is 59.3 Å². The lowest BCUT2D eigenvalue weighted by Crippen LogP contribution is -2.36. The van der Waals surface area contributed by atoms with Crippen LogP contribution in [0.5, 0.6) is 5.75 Å². The van der Waals surface area contributed by atoms with Gasteiger partial charge < -0.3 is 20.1 Å². The van der Waals surface area contributed by atoms with E-state index in [1.165, 1.54) is 29.6 Å². The van der Waals surface area contributed by atoms with Crippen LogP contribution in [0.15, 0.2) is 53.6 Å². The van der Waals surface area contributed by atoms with Gasteiger partial charge in [0.2, 0.25) is 5.95 Å². The van der Waals surface area contributed by atoms with Crippen molar-refractivity contribution in [1.82, 2.24) is 19.6 Å². The number of anilines is 1. The SMILES string of the molecule is CCC(CC)COC(=O)[C@H](C)NP(=O)(OCC1SC(n2cnc(N)nc2=O)C[C@H]1O)Oc1cccc2ccccc12. The lowest BCUT2D eigenvalue weighted by molar-refractivity contribution is -0.146. The van der Waals surface area contributed by atoms with Crippen LogP contribution in [0, 0.1) is 5.92 Å². The maximum absolute atomic E-state index is 14.2. The third kappa shape index (κ3) is 7.87. The van der Waals surface area contributed by atoms with Crippen LogP contribution in [0.25, 0.3) is 10.8 Å². The topological polar surface area (TPSA) is 168 Å². The second-order valence-corrected chi connectivity index (χ2v) is 13.0. The van der Waals surface area contributed by atoms with Gasteiger partial charge in [-0.25, -0.2) is 14.3 Å². The summed E-state index contributed by atoms with van der Waals surface area (Å²) in [6, 6.07) is 11.8. The van der Waals surface area contributed by atoms with Gasteiger partial charge >= 0.3 is 19.4 Å². The number of nitrogens with two attached hydrogens (primary N) is 1. The van der Waals surface area contributed by atoms with Crippen molar-refractivity contribution in [2.45, 2.75) is 62.8 Å². The molecule has 1 aliphatic heterocycles. The van der Waals surface area contributed by atoms with E-state index in [0.29, 0.717) is 11.1 Å². The summed E-state index contributed by atoms with van der Waals surface area (Å²) in [6.45, 7) is 5.65. The van der Waals surface area contributed by atoms with E-state index in [9.17, 15) is 19.3 Å². The molecule has 0 bridgehead atoms. The number of fused-ring (bicyclic) bond motifs is 1. The van der Waals surface area contributed by atoms with E-state index >= 15 is 0 Å². The van der Waals surface area contributed by atoms with Gasteiger partial charge in [0.1, 0.15) is 18.1 Å². The number of carbonyl (C=O) groups is 1. The van der Waals surface area contributed by atoms with Crippen molar-refractivity contribution in [3.63, 3.8) is 0 Å². The molecule has 0 radical (unpaired) electrons. The minimum atomic E-state index is -4.19. The molecule has 1 fully saturated rings. The van der Waals surface area contributed by atoms with E-state index < -0.39 is 42.2 Å². The lowest BCUT2D eigenvalue weighted by Gasteiger charge is -2.25. The predicted octanol–water partition coefficient (Wildman–Crippen LogP) is 3.90. The molecular weight excluding hydrogens is 569 g/mol. The van der Waals surface area contributed by atoms with Gasteiger partial charge in [-0.1, -0.05) is 63.1 Å². The van der Waals surface area contributed by atoms with Crippen molar-refractivity contribution in [2.75, 3.05) is 18.9 Å². The molecule has 222 valence electrons. The number of nitrogens with zero attached hydrogens (tertiary/aromatic N) is 3. The van der Waals surface area contributed by atoms with E-state index in [1.54, 1.807) is 12.1 Å². The quantitative estimate of drug-likeness (QED) is 0.190. The zero-order chi connectivity index (χ0) is 29.6. The highest BCUT2D eigenvalue weighted by molar-refractivity contribution is 8.00. The Balaban J connectivity index is 1.51. The number of rotatable bonds is 13. The Morgan fingerprint density at radius 2 is 1.98 bits per heavy atom. The third-order valence-corrected chi connectivity index (χ3v) is 10.1. The fourth-order valence-electron chi connectivity index (χ4n) is 4.39. The first-order valence-corrected chi connectivity index (χ1v) is 16.0. The molecule has 0 saturated carbocycles. The Kier molecular flexibility index (Phi) is 10.4. The second kappa shape index (κ2) is 13.8. The number of aliphatic hydroxyl groups is 1. The average Bonchev–Trinajstić information content (AvgIpc) is 3.32. The maximum Gasteiger partial charge on any atom is 0.459 e. The van der Waals surface area contributed by atoms with E-state index in [1.807, 2.05) is 44.2 Å². The zero-order valence-corrected chi connectivity index (χ0v) is 24.9. The number of carbonyl (C=O) groups excluding carboxylic acids is 1. The number of benzene rings is 2. The molecule has 1 aromatic heterocycles. The van der Waals surface area contributed by atoms with Gasteiger partial charge in [-0.15, -0.1) is 11.8 Å². The Hall–Kier alpha value is -2.96. The summed E-state index contributed by atoms with van der Waals surface area (Å²) < 4.78 is 32.7. The molecule has 5 atom stereocenters. The van der Waals surface area contributed by atoms with Gasteiger partial charge in [0.25, 0.3) is 0 Å². The van der Waals surface area contributed by atoms with Gasteiger partial charge in [0.05, 0.1) is 29.9 Å². The van der Waals surface area contributed by atoms with Crippen LogP contribution in [0.3, 0.4) is 0 Å². The summed E-state index contributed by atoms with van der Waals surface area (Å²) >= 11 is 1.25. The molecule has 4 N–H and O–H groups in total. The molecule has 14 heteroatoms. The number of esters is 1. The van der Waals surface area contributed by atoms with Crippen molar-refractivity contribution in [2.24, 2.45) is 5.92 Å². The largest absolute Gasteiger partial charge is 0.464 e. The number of nitrogens with one attached hydrogen (secondary N) is 1. The van der Waals surface area contributed by atoms with Crippen LogP contribution in [-0.2, 0) is 18.6 Å². The first-order chi connectivity index (χ1) is 19.6. The molecular formula is C27H36N5O7PS. The summed E-state index contributed by atoms with van der Waals surface area (Å²) in [6.07, 6.45) is 2.35. The average molecular weight is 606 g/mol.